The number of halogens is 2. The summed E-state index contributed by atoms with van der Waals surface area (Å²) in [7, 11) is 0. The number of nitrogens with zero attached hydrogens (tertiary/aromatic N) is 4. The van der Waals surface area contributed by atoms with Crippen LogP contribution >= 0.6 is 31.9 Å². The van der Waals surface area contributed by atoms with Crippen molar-refractivity contribution >= 4 is 67.2 Å². The average Bonchev–Trinajstić information content (AvgIpc) is 3.55. The molecule has 6 atom stereocenters. The molecule has 5 aliphatic rings. The maximum atomic E-state index is 14.7. The second-order valence-electron chi connectivity index (χ2n) is 14.1. The minimum atomic E-state index is -0.898. The number of hydrogen-bond acceptors (Lipinski definition) is 6. The molecule has 5 heterocycles. The van der Waals surface area contributed by atoms with Crippen molar-refractivity contribution in [3.63, 3.8) is 0 Å². The number of piperazine rings is 1. The zero-order valence-corrected chi connectivity index (χ0v) is 28.5. The molecule has 44 heavy (non-hydrogen) atoms. The standard InChI is InChI=1S/C32H34Br2N4O6/c1-29(2,3)43-27(41)37-19-13-9-7-11-17(19)31(33)15-21-24(40)36-22(23(39)35(21)25(31)37)16-32(34)18-12-8-10-14-20(18)38(26(32)36)28(42)44-30(4,5)6/h7-14,21-22,25-26H,15-16H2,1-6H3/t21-,22-,25-,26+,31-,32+/m0/s1. The zero-order valence-electron chi connectivity index (χ0n) is 25.3. The van der Waals surface area contributed by atoms with Crippen molar-refractivity contribution in [3.05, 3.63) is 59.7 Å². The van der Waals surface area contributed by atoms with E-state index in [0.717, 1.165) is 11.1 Å². The molecule has 0 unspecified atom stereocenters. The van der Waals surface area contributed by atoms with Gasteiger partial charge in [-0.1, -0.05) is 68.3 Å². The molecule has 0 saturated carbocycles. The summed E-state index contributed by atoms with van der Waals surface area (Å²) in [6.07, 6.45) is -2.35. The molecule has 2 aromatic rings. The Balaban J connectivity index is 1.32. The van der Waals surface area contributed by atoms with Gasteiger partial charge >= 0.3 is 12.2 Å². The van der Waals surface area contributed by atoms with Crippen LogP contribution in [0.1, 0.15) is 65.5 Å². The normalized spacial score (nSPS) is 31.7. The number of rotatable bonds is 0. The summed E-state index contributed by atoms with van der Waals surface area (Å²) in [4.78, 5) is 63.1. The number of alkyl halides is 2. The molecule has 4 amide bonds. The Kier molecular flexibility index (Phi) is 6.20. The first kappa shape index (κ1) is 29.6. The van der Waals surface area contributed by atoms with Crippen LogP contribution in [0.2, 0.25) is 0 Å². The van der Waals surface area contributed by atoms with E-state index < -0.39 is 56.5 Å². The van der Waals surface area contributed by atoms with Gasteiger partial charge in [-0.2, -0.15) is 0 Å². The van der Waals surface area contributed by atoms with Gasteiger partial charge < -0.3 is 19.3 Å². The maximum absolute atomic E-state index is 14.7. The molecule has 0 aromatic heterocycles. The van der Waals surface area contributed by atoms with E-state index in [9.17, 15) is 19.2 Å². The fraction of sp³-hybridized carbons (Fsp3) is 0.500. The molecular formula is C32H34Br2N4O6. The number of carbonyl (C=O) groups excluding carboxylic acids is 4. The average molecular weight is 730 g/mol. The number of para-hydroxylation sites is 2. The predicted octanol–water partition coefficient (Wildman–Crippen LogP) is 5.95. The summed E-state index contributed by atoms with van der Waals surface area (Å²) in [5.74, 6) is -0.561. The Hall–Kier alpha value is -3.12. The Morgan fingerprint density at radius 2 is 1.02 bits per heavy atom. The van der Waals surface area contributed by atoms with Crippen molar-refractivity contribution in [2.75, 3.05) is 9.80 Å². The van der Waals surface area contributed by atoms with Gasteiger partial charge in [-0.25, -0.2) is 9.59 Å². The highest BCUT2D eigenvalue weighted by molar-refractivity contribution is 9.10. The van der Waals surface area contributed by atoms with E-state index in [0.29, 0.717) is 11.4 Å². The quantitative estimate of drug-likeness (QED) is 0.311. The largest absolute Gasteiger partial charge is 0.443 e. The van der Waals surface area contributed by atoms with Gasteiger partial charge in [0.1, 0.15) is 35.6 Å². The van der Waals surface area contributed by atoms with Crippen LogP contribution in [0.25, 0.3) is 0 Å². The zero-order chi connectivity index (χ0) is 31.7. The highest BCUT2D eigenvalue weighted by atomic mass is 79.9. The van der Waals surface area contributed by atoms with Crippen molar-refractivity contribution in [1.29, 1.82) is 0 Å². The molecule has 3 saturated heterocycles. The van der Waals surface area contributed by atoms with Gasteiger partial charge in [0.2, 0.25) is 11.8 Å². The molecule has 7 rings (SSSR count). The molecule has 12 heteroatoms. The van der Waals surface area contributed by atoms with Crippen molar-refractivity contribution in [3.8, 4) is 0 Å². The lowest BCUT2D eigenvalue weighted by Gasteiger charge is -2.45. The third-order valence-corrected chi connectivity index (χ3v) is 11.3. The summed E-state index contributed by atoms with van der Waals surface area (Å²) in [6.45, 7) is 10.8. The maximum Gasteiger partial charge on any atom is 0.416 e. The van der Waals surface area contributed by atoms with E-state index in [1.54, 1.807) is 51.3 Å². The second kappa shape index (κ2) is 9.22. The number of fused-ring (bicyclic) bond motifs is 10. The fourth-order valence-corrected chi connectivity index (χ4v) is 9.70. The molecule has 0 aliphatic carbocycles. The monoisotopic (exact) mass is 728 g/mol. The summed E-state index contributed by atoms with van der Waals surface area (Å²) >= 11 is 7.87. The molecule has 5 aliphatic heterocycles. The van der Waals surface area contributed by atoms with Crippen LogP contribution in [0.5, 0.6) is 0 Å². The first-order valence-electron chi connectivity index (χ1n) is 14.7. The molecule has 2 aromatic carbocycles. The van der Waals surface area contributed by atoms with Crippen LogP contribution in [0, 0.1) is 0 Å². The molecule has 0 N–H and O–H groups in total. The minimum absolute atomic E-state index is 0.239. The van der Waals surface area contributed by atoms with E-state index in [1.807, 2.05) is 48.5 Å². The number of amides is 4. The van der Waals surface area contributed by atoms with Gasteiger partial charge in [0.25, 0.3) is 0 Å². The van der Waals surface area contributed by atoms with Crippen LogP contribution in [0.15, 0.2) is 48.5 Å². The van der Waals surface area contributed by atoms with Gasteiger partial charge in [-0.05, 0) is 64.8 Å². The smallest absolute Gasteiger partial charge is 0.416 e. The highest BCUT2D eigenvalue weighted by Gasteiger charge is 2.73. The SMILES string of the molecule is CC(C)(C)OC(=O)N1c2ccccc2[C@@]2(Br)C[C@H]3C(=O)N4[C@@H](C[C@@]5(Br)c6ccccc6N(C(=O)OC(C)(C)C)[C@@H]45)C(=O)N3[C@@H]12. The van der Waals surface area contributed by atoms with E-state index in [4.69, 9.17) is 9.47 Å². The lowest BCUT2D eigenvalue weighted by Crippen LogP contribution is -2.68. The van der Waals surface area contributed by atoms with E-state index in [1.165, 1.54) is 9.80 Å². The third-order valence-electron chi connectivity index (χ3n) is 8.97. The topological polar surface area (TPSA) is 99.7 Å². The molecule has 10 nitrogen and oxygen atoms in total. The number of ether oxygens (including phenoxy) is 2. The van der Waals surface area contributed by atoms with Crippen LogP contribution in [0.4, 0.5) is 21.0 Å². The van der Waals surface area contributed by atoms with E-state index in [2.05, 4.69) is 31.9 Å². The number of anilines is 2. The van der Waals surface area contributed by atoms with Crippen LogP contribution in [-0.2, 0) is 27.7 Å². The second-order valence-corrected chi connectivity index (χ2v) is 17.0. The van der Waals surface area contributed by atoms with E-state index >= 15 is 0 Å². The van der Waals surface area contributed by atoms with Crippen molar-refractivity contribution in [2.24, 2.45) is 0 Å². The fourth-order valence-electron chi connectivity index (χ4n) is 7.57. The van der Waals surface area contributed by atoms with Gasteiger partial charge in [0, 0.05) is 12.8 Å². The number of benzene rings is 2. The summed E-state index contributed by atoms with van der Waals surface area (Å²) < 4.78 is 9.85. The molecule has 0 bridgehead atoms. The Bertz CT molecular complexity index is 1520. The molecule has 232 valence electrons. The summed E-state index contributed by atoms with van der Waals surface area (Å²) in [6, 6.07) is 13.2. The van der Waals surface area contributed by atoms with Gasteiger partial charge in [-0.15, -0.1) is 0 Å². The Morgan fingerprint density at radius 1 is 0.682 bits per heavy atom. The first-order chi connectivity index (χ1) is 20.5. The lowest BCUT2D eigenvalue weighted by atomic mass is 9.95. The van der Waals surface area contributed by atoms with Gasteiger partial charge in [0.05, 0.1) is 20.0 Å². The third kappa shape index (κ3) is 3.95. The van der Waals surface area contributed by atoms with Crippen molar-refractivity contribution in [2.45, 2.75) is 98.6 Å². The minimum Gasteiger partial charge on any atom is -0.443 e. The molecule has 3 fully saturated rings. The molecule has 0 spiro atoms. The molecular weight excluding hydrogens is 696 g/mol. The Morgan fingerprint density at radius 3 is 1.36 bits per heavy atom. The van der Waals surface area contributed by atoms with E-state index in [-0.39, 0.29) is 24.7 Å². The Labute approximate surface area is 272 Å². The van der Waals surface area contributed by atoms with Gasteiger partial charge in [-0.3, -0.25) is 19.4 Å². The number of carbonyl (C=O) groups is 4. The highest BCUT2D eigenvalue weighted by Crippen LogP contribution is 2.63. The molecule has 0 radical (unpaired) electrons. The van der Waals surface area contributed by atoms with Crippen molar-refractivity contribution in [1.82, 2.24) is 9.80 Å². The van der Waals surface area contributed by atoms with Gasteiger partial charge in [0.15, 0.2) is 0 Å². The predicted molar refractivity (Wildman–Crippen MR) is 170 cm³/mol. The summed E-state index contributed by atoms with van der Waals surface area (Å²) in [5, 5.41) is 0. The summed E-state index contributed by atoms with van der Waals surface area (Å²) in [5.41, 5.74) is 1.34. The van der Waals surface area contributed by atoms with Crippen molar-refractivity contribution < 1.29 is 28.7 Å². The van der Waals surface area contributed by atoms with Crippen LogP contribution in [0.3, 0.4) is 0 Å². The van der Waals surface area contributed by atoms with Crippen LogP contribution in [-0.4, -0.2) is 69.4 Å². The first-order valence-corrected chi connectivity index (χ1v) is 16.3. The van der Waals surface area contributed by atoms with Crippen LogP contribution < -0.4 is 9.80 Å². The number of hydrogen-bond donors (Lipinski definition) is 0. The lowest BCUT2D eigenvalue weighted by molar-refractivity contribution is -0.160.